The largest absolute Gasteiger partial charge is 0.319 e. The summed E-state index contributed by atoms with van der Waals surface area (Å²) in [5.74, 6) is -0.500. The van der Waals surface area contributed by atoms with Crippen molar-refractivity contribution in [2.75, 3.05) is 23.1 Å². The van der Waals surface area contributed by atoms with Gasteiger partial charge in [0.2, 0.25) is 5.84 Å². The predicted molar refractivity (Wildman–Crippen MR) is 101 cm³/mol. The van der Waals surface area contributed by atoms with E-state index in [1.807, 2.05) is 61.7 Å². The van der Waals surface area contributed by atoms with Crippen molar-refractivity contribution in [2.24, 2.45) is 4.99 Å². The minimum absolute atomic E-state index is 0.0744. The van der Waals surface area contributed by atoms with Gasteiger partial charge in [0.1, 0.15) is 6.54 Å². The normalized spacial score (nSPS) is 13.9. The Morgan fingerprint density at radius 2 is 1.84 bits per heavy atom. The van der Waals surface area contributed by atoms with E-state index in [-0.39, 0.29) is 24.2 Å². The third-order valence-corrected chi connectivity index (χ3v) is 4.44. The highest BCUT2D eigenvalue weighted by Gasteiger charge is 2.25. The van der Waals surface area contributed by atoms with E-state index in [0.29, 0.717) is 11.4 Å². The zero-order chi connectivity index (χ0) is 17.8. The molecule has 0 aliphatic carbocycles. The lowest BCUT2D eigenvalue weighted by atomic mass is 10.2. The molecule has 128 valence electrons. The smallest absolute Gasteiger partial charge is 0.292 e. The summed E-state index contributed by atoms with van der Waals surface area (Å²) in [6.07, 6.45) is 1.99. The monoisotopic (exact) mass is 354 g/mol. The molecule has 6 nitrogen and oxygen atoms in total. The van der Waals surface area contributed by atoms with E-state index in [4.69, 9.17) is 0 Å². The van der Waals surface area contributed by atoms with Crippen LogP contribution in [0.25, 0.3) is 0 Å². The van der Waals surface area contributed by atoms with E-state index < -0.39 is 0 Å². The van der Waals surface area contributed by atoms with E-state index in [0.717, 1.165) is 10.5 Å². The molecule has 2 N–H and O–H groups in total. The third-order valence-electron chi connectivity index (χ3n) is 3.69. The van der Waals surface area contributed by atoms with Crippen molar-refractivity contribution in [1.29, 1.82) is 0 Å². The number of nitrogens with one attached hydrogen (secondary N) is 2. The number of carbonyl (C=O) groups is 2. The van der Waals surface area contributed by atoms with Crippen LogP contribution in [0.1, 0.15) is 5.56 Å². The number of carbonyl (C=O) groups excluding carboxylic acids is 2. The molecule has 7 heteroatoms. The van der Waals surface area contributed by atoms with Gasteiger partial charge in [-0.05, 0) is 49.6 Å². The highest BCUT2D eigenvalue weighted by atomic mass is 32.2. The number of thioether (sulfide) groups is 1. The first kappa shape index (κ1) is 17.0. The topological polar surface area (TPSA) is 73.8 Å². The maximum absolute atomic E-state index is 12.4. The molecule has 3 rings (SSSR count). The van der Waals surface area contributed by atoms with Gasteiger partial charge in [-0.15, -0.1) is 11.8 Å². The van der Waals surface area contributed by atoms with Crippen molar-refractivity contribution in [3.63, 3.8) is 0 Å². The number of anilines is 2. The molecule has 0 radical (unpaired) electrons. The molecule has 1 aliphatic rings. The lowest BCUT2D eigenvalue weighted by molar-refractivity contribution is -0.118. The highest BCUT2D eigenvalue weighted by Crippen LogP contribution is 2.18. The lowest BCUT2D eigenvalue weighted by Crippen LogP contribution is -2.54. The summed E-state index contributed by atoms with van der Waals surface area (Å²) in [5.41, 5.74) is 5.23. The number of nitrogens with zero attached hydrogens (tertiary/aromatic N) is 2. The van der Waals surface area contributed by atoms with Crippen LogP contribution in [-0.4, -0.2) is 30.5 Å². The summed E-state index contributed by atoms with van der Waals surface area (Å²) in [6.45, 7) is 1.90. The molecular weight excluding hydrogens is 336 g/mol. The Hall–Kier alpha value is -2.80. The fraction of sp³-hybridized carbons (Fsp3) is 0.167. The molecule has 2 amide bonds. The van der Waals surface area contributed by atoms with Gasteiger partial charge in [-0.1, -0.05) is 17.7 Å². The summed E-state index contributed by atoms with van der Waals surface area (Å²) in [7, 11) is 0. The minimum Gasteiger partial charge on any atom is -0.319 e. The van der Waals surface area contributed by atoms with Gasteiger partial charge in [0.25, 0.3) is 11.8 Å². The standard InChI is InChI=1S/C18H18N4O2S/c1-12-3-7-14(8-4-12)22-16(23)11-19-17(21-22)18(24)20-13-5-9-15(25-2)10-6-13/h3-10H,11H2,1-2H3,(H,19,21)(H,20,24). The number of benzene rings is 2. The summed E-state index contributed by atoms with van der Waals surface area (Å²) in [4.78, 5) is 29.7. The van der Waals surface area contributed by atoms with Gasteiger partial charge in [0.15, 0.2) is 0 Å². The van der Waals surface area contributed by atoms with E-state index in [1.165, 1.54) is 5.01 Å². The van der Waals surface area contributed by atoms with Crippen molar-refractivity contribution in [3.8, 4) is 0 Å². The molecule has 25 heavy (non-hydrogen) atoms. The predicted octanol–water partition coefficient (Wildman–Crippen LogP) is 2.61. The van der Waals surface area contributed by atoms with Crippen LogP contribution in [0.3, 0.4) is 0 Å². The van der Waals surface area contributed by atoms with Crippen molar-refractivity contribution in [1.82, 2.24) is 5.43 Å². The summed E-state index contributed by atoms with van der Waals surface area (Å²) < 4.78 is 0. The van der Waals surface area contributed by atoms with Gasteiger partial charge in [0, 0.05) is 10.6 Å². The number of aryl methyl sites for hydroxylation is 1. The van der Waals surface area contributed by atoms with Gasteiger partial charge >= 0.3 is 0 Å². The van der Waals surface area contributed by atoms with Crippen molar-refractivity contribution < 1.29 is 9.59 Å². The van der Waals surface area contributed by atoms with Gasteiger partial charge in [0.05, 0.1) is 5.69 Å². The van der Waals surface area contributed by atoms with Crippen LogP contribution in [0.2, 0.25) is 0 Å². The maximum atomic E-state index is 12.4. The lowest BCUT2D eigenvalue weighted by Gasteiger charge is -2.27. The second-order valence-corrected chi connectivity index (χ2v) is 6.40. The minimum atomic E-state index is -0.387. The molecule has 0 fully saturated rings. The van der Waals surface area contributed by atoms with E-state index >= 15 is 0 Å². The first-order valence-electron chi connectivity index (χ1n) is 7.73. The molecule has 1 heterocycles. The van der Waals surface area contributed by atoms with Gasteiger partial charge < -0.3 is 5.32 Å². The Morgan fingerprint density at radius 1 is 1.16 bits per heavy atom. The number of amides is 2. The molecule has 2 aromatic carbocycles. The van der Waals surface area contributed by atoms with Crippen LogP contribution in [0.5, 0.6) is 0 Å². The van der Waals surface area contributed by atoms with Crippen molar-refractivity contribution >= 4 is 40.8 Å². The number of hydrogen-bond donors (Lipinski definition) is 2. The highest BCUT2D eigenvalue weighted by molar-refractivity contribution is 7.98. The molecule has 0 saturated heterocycles. The van der Waals surface area contributed by atoms with Crippen LogP contribution < -0.4 is 15.8 Å². The Balaban J connectivity index is 1.72. The number of rotatable bonds is 4. The fourth-order valence-corrected chi connectivity index (χ4v) is 2.72. The van der Waals surface area contributed by atoms with Crippen LogP contribution in [0.15, 0.2) is 58.4 Å². The molecule has 0 atom stereocenters. The van der Waals surface area contributed by atoms with E-state index in [2.05, 4.69) is 15.7 Å². The second-order valence-electron chi connectivity index (χ2n) is 5.52. The maximum Gasteiger partial charge on any atom is 0.292 e. The third kappa shape index (κ3) is 4.00. The van der Waals surface area contributed by atoms with E-state index in [9.17, 15) is 9.59 Å². The fourth-order valence-electron chi connectivity index (χ4n) is 2.31. The molecule has 0 spiro atoms. The first-order chi connectivity index (χ1) is 12.1. The van der Waals surface area contributed by atoms with Gasteiger partial charge in [-0.2, -0.15) is 0 Å². The van der Waals surface area contributed by atoms with Crippen LogP contribution in [-0.2, 0) is 9.59 Å². The molecule has 0 saturated carbocycles. The molecule has 0 bridgehead atoms. The number of aliphatic imine (C=N–C) groups is 1. The Labute approximate surface area is 150 Å². The number of hydrogen-bond acceptors (Lipinski definition) is 5. The molecular formula is C18H18N4O2S. The van der Waals surface area contributed by atoms with Gasteiger partial charge in [-0.3, -0.25) is 20.0 Å². The average Bonchev–Trinajstić information content (AvgIpc) is 2.63. The van der Waals surface area contributed by atoms with Crippen LogP contribution >= 0.6 is 11.8 Å². The average molecular weight is 354 g/mol. The van der Waals surface area contributed by atoms with Crippen molar-refractivity contribution in [2.45, 2.75) is 11.8 Å². The van der Waals surface area contributed by atoms with Crippen LogP contribution in [0.4, 0.5) is 11.4 Å². The molecule has 2 aromatic rings. The number of hydrazine groups is 1. The summed E-state index contributed by atoms with van der Waals surface area (Å²) in [5, 5.41) is 4.12. The molecule has 1 aliphatic heterocycles. The zero-order valence-electron chi connectivity index (χ0n) is 13.9. The Morgan fingerprint density at radius 3 is 2.48 bits per heavy atom. The number of amidine groups is 1. The zero-order valence-corrected chi connectivity index (χ0v) is 14.8. The van der Waals surface area contributed by atoms with E-state index in [1.54, 1.807) is 11.8 Å². The quantitative estimate of drug-likeness (QED) is 0.828. The molecule has 0 unspecified atom stereocenters. The SMILES string of the molecule is CSc1ccc(NC(=O)C2=NCC(=O)N(c3ccc(C)cc3)N2)cc1. The molecule has 0 aromatic heterocycles. The second kappa shape index (κ2) is 7.40. The van der Waals surface area contributed by atoms with Crippen molar-refractivity contribution in [3.05, 3.63) is 54.1 Å². The van der Waals surface area contributed by atoms with Crippen LogP contribution in [0, 0.1) is 6.92 Å². The summed E-state index contributed by atoms with van der Waals surface area (Å²) in [6, 6.07) is 15.0. The Bertz CT molecular complexity index is 816. The van der Waals surface area contributed by atoms with Gasteiger partial charge in [-0.25, -0.2) is 5.01 Å². The summed E-state index contributed by atoms with van der Waals surface area (Å²) >= 11 is 1.63. The first-order valence-corrected chi connectivity index (χ1v) is 8.95. The Kier molecular flexibility index (Phi) is 5.04.